The summed E-state index contributed by atoms with van der Waals surface area (Å²) in [6.45, 7) is 14.5. The van der Waals surface area contributed by atoms with Gasteiger partial charge in [-0.05, 0) is 45.3 Å². The van der Waals surface area contributed by atoms with Crippen molar-refractivity contribution in [3.63, 3.8) is 0 Å². The van der Waals surface area contributed by atoms with Crippen LogP contribution in [0.2, 0.25) is 0 Å². The minimum absolute atomic E-state index is 0.0193. The summed E-state index contributed by atoms with van der Waals surface area (Å²) < 4.78 is 5.00. The summed E-state index contributed by atoms with van der Waals surface area (Å²) in [6.07, 6.45) is 0.935. The number of imide groups is 1. The molecule has 1 aliphatic rings. The summed E-state index contributed by atoms with van der Waals surface area (Å²) in [4.78, 5) is 41.8. The van der Waals surface area contributed by atoms with Crippen molar-refractivity contribution in [2.75, 3.05) is 12.9 Å². The van der Waals surface area contributed by atoms with E-state index in [0.29, 0.717) is 12.2 Å². The van der Waals surface area contributed by atoms with Gasteiger partial charge in [-0.2, -0.15) is 16.8 Å². The van der Waals surface area contributed by atoms with Crippen LogP contribution in [0.5, 0.6) is 0 Å². The minimum atomic E-state index is -0.685. The summed E-state index contributed by atoms with van der Waals surface area (Å²) in [7, 11) is 1.49. The Morgan fingerprint density at radius 3 is 2.14 bits per heavy atom. The first-order chi connectivity index (χ1) is 13.3. The number of carbonyl (C=O) groups is 3. The van der Waals surface area contributed by atoms with Crippen molar-refractivity contribution in [3.8, 4) is 0 Å². The molecule has 2 unspecified atom stereocenters. The fourth-order valence-corrected chi connectivity index (χ4v) is 4.40. The van der Waals surface area contributed by atoms with E-state index in [1.807, 2.05) is 13.8 Å². The highest BCUT2D eigenvalue weighted by Crippen LogP contribution is 2.40. The molecular formula is C21H38N2O5S. The topological polar surface area (TPSA) is 84.9 Å². The van der Waals surface area contributed by atoms with Gasteiger partial charge in [0.25, 0.3) is 11.8 Å². The Hall–Kier alpha value is -1.12. The van der Waals surface area contributed by atoms with Gasteiger partial charge in [0.2, 0.25) is 5.91 Å². The predicted molar refractivity (Wildman–Crippen MR) is 115 cm³/mol. The molecule has 1 heterocycles. The molecule has 0 aromatic heterocycles. The van der Waals surface area contributed by atoms with Crippen molar-refractivity contribution in [2.24, 2.45) is 11.3 Å². The second-order valence-corrected chi connectivity index (χ2v) is 11.3. The van der Waals surface area contributed by atoms with Crippen molar-refractivity contribution in [1.82, 2.24) is 10.4 Å². The standard InChI is InChI=1S/C21H38N2O5S/c1-14(2)22-19(26)15(13-20(3,4)5)21(6,7)29-12-11-18(27-8)28-23-16(24)9-10-17(23)25/h14-15,18H,9-13H2,1-8H3,(H,22,26). The van der Waals surface area contributed by atoms with Gasteiger partial charge in [-0.3, -0.25) is 14.4 Å². The Balaban J connectivity index is 2.71. The summed E-state index contributed by atoms with van der Waals surface area (Å²) >= 11 is 1.68. The molecule has 0 aliphatic carbocycles. The van der Waals surface area contributed by atoms with Crippen LogP contribution in [0.25, 0.3) is 0 Å². The fourth-order valence-electron chi connectivity index (χ4n) is 3.18. The van der Waals surface area contributed by atoms with E-state index >= 15 is 0 Å². The van der Waals surface area contributed by atoms with Crippen LogP contribution in [0.15, 0.2) is 0 Å². The fraction of sp³-hybridized carbons (Fsp3) is 0.857. The molecule has 7 nitrogen and oxygen atoms in total. The lowest BCUT2D eigenvalue weighted by atomic mass is 9.78. The Morgan fingerprint density at radius 2 is 1.69 bits per heavy atom. The van der Waals surface area contributed by atoms with E-state index in [2.05, 4.69) is 39.9 Å². The zero-order valence-corrected chi connectivity index (χ0v) is 20.0. The van der Waals surface area contributed by atoms with Crippen LogP contribution in [-0.2, 0) is 24.0 Å². The van der Waals surface area contributed by atoms with Gasteiger partial charge in [0, 0.05) is 37.2 Å². The van der Waals surface area contributed by atoms with Crippen LogP contribution in [0, 0.1) is 11.3 Å². The van der Waals surface area contributed by atoms with Gasteiger partial charge in [0.15, 0.2) is 6.29 Å². The zero-order valence-electron chi connectivity index (χ0n) is 19.2. The molecule has 8 heteroatoms. The van der Waals surface area contributed by atoms with Crippen molar-refractivity contribution in [3.05, 3.63) is 0 Å². The van der Waals surface area contributed by atoms with Crippen LogP contribution in [0.3, 0.4) is 0 Å². The van der Waals surface area contributed by atoms with Gasteiger partial charge in [-0.15, -0.1) is 0 Å². The smallest absolute Gasteiger partial charge is 0.254 e. The highest BCUT2D eigenvalue weighted by molar-refractivity contribution is 8.00. The first-order valence-electron chi connectivity index (χ1n) is 10.3. The largest absolute Gasteiger partial charge is 0.354 e. The monoisotopic (exact) mass is 430 g/mol. The van der Waals surface area contributed by atoms with E-state index in [0.717, 1.165) is 11.5 Å². The number of amides is 3. The Morgan fingerprint density at radius 1 is 1.14 bits per heavy atom. The average molecular weight is 431 g/mol. The lowest BCUT2D eigenvalue weighted by molar-refractivity contribution is -0.251. The van der Waals surface area contributed by atoms with E-state index < -0.39 is 6.29 Å². The lowest BCUT2D eigenvalue weighted by Crippen LogP contribution is -2.45. The van der Waals surface area contributed by atoms with Gasteiger partial charge >= 0.3 is 0 Å². The van der Waals surface area contributed by atoms with Gasteiger partial charge < -0.3 is 10.1 Å². The molecule has 1 aliphatic heterocycles. The van der Waals surface area contributed by atoms with Crippen LogP contribution in [0.1, 0.15) is 74.1 Å². The first kappa shape index (κ1) is 25.9. The zero-order chi connectivity index (χ0) is 22.4. The number of rotatable bonds is 11. The maximum atomic E-state index is 12.9. The summed E-state index contributed by atoms with van der Waals surface area (Å²) in [5.41, 5.74) is 0.0193. The van der Waals surface area contributed by atoms with Gasteiger partial charge in [-0.25, -0.2) is 4.84 Å². The molecule has 1 rings (SSSR count). The molecule has 2 atom stereocenters. The molecule has 0 bridgehead atoms. The number of hydroxylamine groups is 2. The number of ether oxygens (including phenoxy) is 1. The SMILES string of the molecule is COC(CCSC(C)(C)C(CC(C)(C)C)C(=O)NC(C)C)ON1C(=O)CCC1=O. The first-order valence-corrected chi connectivity index (χ1v) is 11.2. The highest BCUT2D eigenvalue weighted by Gasteiger charge is 2.39. The third-order valence-corrected chi connectivity index (χ3v) is 6.19. The number of carbonyl (C=O) groups excluding carboxylic acids is 3. The van der Waals surface area contributed by atoms with Crippen LogP contribution < -0.4 is 5.32 Å². The van der Waals surface area contributed by atoms with Gasteiger partial charge in [0.05, 0.1) is 5.92 Å². The molecule has 29 heavy (non-hydrogen) atoms. The van der Waals surface area contributed by atoms with Crippen molar-refractivity contribution in [2.45, 2.75) is 91.2 Å². The second kappa shape index (κ2) is 10.8. The Kier molecular flexibility index (Phi) is 9.63. The number of thioether (sulfide) groups is 1. The molecule has 1 saturated heterocycles. The van der Waals surface area contributed by atoms with E-state index in [1.54, 1.807) is 11.8 Å². The van der Waals surface area contributed by atoms with Crippen LogP contribution in [-0.4, -0.2) is 52.7 Å². The van der Waals surface area contributed by atoms with Crippen molar-refractivity contribution < 1.29 is 24.0 Å². The summed E-state index contributed by atoms with van der Waals surface area (Å²) in [5, 5.41) is 3.88. The number of methoxy groups -OCH3 is 1. The second-order valence-electron chi connectivity index (χ2n) is 9.57. The third kappa shape index (κ3) is 8.64. The quantitative estimate of drug-likeness (QED) is 0.399. The summed E-state index contributed by atoms with van der Waals surface area (Å²) in [6, 6.07) is 0.0903. The highest BCUT2D eigenvalue weighted by atomic mass is 32.2. The van der Waals surface area contributed by atoms with Crippen molar-refractivity contribution >= 4 is 29.5 Å². The minimum Gasteiger partial charge on any atom is -0.354 e. The molecule has 0 aromatic carbocycles. The molecule has 1 N–H and O–H groups in total. The number of nitrogens with zero attached hydrogens (tertiary/aromatic N) is 1. The molecule has 1 fully saturated rings. The van der Waals surface area contributed by atoms with Gasteiger partial charge in [0.1, 0.15) is 0 Å². The average Bonchev–Trinajstić information content (AvgIpc) is 2.88. The molecular weight excluding hydrogens is 392 g/mol. The normalized spacial score (nSPS) is 17.8. The third-order valence-electron chi connectivity index (χ3n) is 4.72. The van der Waals surface area contributed by atoms with Crippen LogP contribution >= 0.6 is 11.8 Å². The van der Waals surface area contributed by atoms with Crippen LogP contribution in [0.4, 0.5) is 0 Å². The van der Waals surface area contributed by atoms with Crippen molar-refractivity contribution in [1.29, 1.82) is 0 Å². The maximum Gasteiger partial charge on any atom is 0.254 e. The maximum absolute atomic E-state index is 12.9. The molecule has 0 radical (unpaired) electrons. The molecule has 0 saturated carbocycles. The summed E-state index contributed by atoms with van der Waals surface area (Å²) in [5.74, 6) is -0.0859. The Bertz CT molecular complexity index is 570. The van der Waals surface area contributed by atoms with E-state index in [4.69, 9.17) is 9.57 Å². The van der Waals surface area contributed by atoms with Gasteiger partial charge in [-0.1, -0.05) is 20.8 Å². The van der Waals surface area contributed by atoms with E-state index in [9.17, 15) is 14.4 Å². The number of hydrogen-bond acceptors (Lipinski definition) is 6. The van der Waals surface area contributed by atoms with E-state index in [1.165, 1.54) is 7.11 Å². The molecule has 0 aromatic rings. The molecule has 3 amide bonds. The lowest BCUT2D eigenvalue weighted by Gasteiger charge is -2.37. The number of nitrogens with one attached hydrogen (secondary N) is 1. The predicted octanol–water partition coefficient (Wildman–Crippen LogP) is 3.52. The Labute approximate surface area is 179 Å². The van der Waals surface area contributed by atoms with E-state index in [-0.39, 0.29) is 52.7 Å². The molecule has 0 spiro atoms. The number of hydrogen-bond donors (Lipinski definition) is 1. The molecule has 168 valence electrons.